The minimum Gasteiger partial charge on any atom is -0.484 e. The SMILES string of the molecule is O=C(COc1ccc(-c2cnc3ccccc3n2)cc1)NCc1cccc(Br)c1. The second-order valence-corrected chi connectivity index (χ2v) is 7.38. The summed E-state index contributed by atoms with van der Waals surface area (Å²) in [7, 11) is 0. The van der Waals surface area contributed by atoms with Crippen molar-refractivity contribution in [1.82, 2.24) is 15.3 Å². The summed E-state index contributed by atoms with van der Waals surface area (Å²) < 4.78 is 6.57. The molecule has 0 aliphatic rings. The van der Waals surface area contributed by atoms with Gasteiger partial charge in [0.2, 0.25) is 0 Å². The van der Waals surface area contributed by atoms with Gasteiger partial charge in [-0.2, -0.15) is 0 Å². The molecule has 4 aromatic rings. The van der Waals surface area contributed by atoms with Crippen molar-refractivity contribution in [3.63, 3.8) is 0 Å². The predicted molar refractivity (Wildman–Crippen MR) is 116 cm³/mol. The Hall–Kier alpha value is -3.25. The van der Waals surface area contributed by atoms with Crippen LogP contribution in [0.2, 0.25) is 0 Å². The molecule has 1 heterocycles. The first-order valence-electron chi connectivity index (χ1n) is 9.13. The van der Waals surface area contributed by atoms with E-state index < -0.39 is 0 Å². The van der Waals surface area contributed by atoms with Gasteiger partial charge in [-0.3, -0.25) is 9.78 Å². The Bertz CT molecular complexity index is 1150. The monoisotopic (exact) mass is 447 g/mol. The quantitative estimate of drug-likeness (QED) is 0.462. The summed E-state index contributed by atoms with van der Waals surface area (Å²) in [6.07, 6.45) is 1.76. The molecule has 0 spiro atoms. The molecule has 0 aliphatic heterocycles. The average molecular weight is 448 g/mol. The molecular formula is C23H18BrN3O2. The van der Waals surface area contributed by atoms with Crippen LogP contribution in [0.3, 0.4) is 0 Å². The Kier molecular flexibility index (Phi) is 5.81. The molecule has 0 saturated carbocycles. The fourth-order valence-corrected chi connectivity index (χ4v) is 3.31. The number of benzene rings is 3. The number of para-hydroxylation sites is 2. The number of amides is 1. The Balaban J connectivity index is 1.33. The lowest BCUT2D eigenvalue weighted by atomic mass is 10.1. The van der Waals surface area contributed by atoms with E-state index in [9.17, 15) is 4.79 Å². The normalized spacial score (nSPS) is 10.7. The Morgan fingerprint density at radius 2 is 1.76 bits per heavy atom. The number of hydrogen-bond donors (Lipinski definition) is 1. The minimum atomic E-state index is -0.172. The summed E-state index contributed by atoms with van der Waals surface area (Å²) >= 11 is 3.42. The van der Waals surface area contributed by atoms with Crippen LogP contribution < -0.4 is 10.1 Å². The van der Waals surface area contributed by atoms with Crippen molar-refractivity contribution in [2.45, 2.75) is 6.54 Å². The van der Waals surface area contributed by atoms with E-state index in [1.807, 2.05) is 72.8 Å². The lowest BCUT2D eigenvalue weighted by Gasteiger charge is -2.09. The lowest BCUT2D eigenvalue weighted by Crippen LogP contribution is -2.28. The number of rotatable bonds is 6. The van der Waals surface area contributed by atoms with E-state index in [1.165, 1.54) is 0 Å². The first kappa shape index (κ1) is 19.1. The lowest BCUT2D eigenvalue weighted by molar-refractivity contribution is -0.123. The number of nitrogens with one attached hydrogen (secondary N) is 1. The first-order chi connectivity index (χ1) is 14.2. The summed E-state index contributed by atoms with van der Waals surface area (Å²) in [6.45, 7) is 0.421. The number of aromatic nitrogens is 2. The van der Waals surface area contributed by atoms with Crippen LogP contribution >= 0.6 is 15.9 Å². The molecule has 0 bridgehead atoms. The number of ether oxygens (including phenoxy) is 1. The molecule has 0 fully saturated rings. The third-order valence-corrected chi connectivity index (χ3v) is 4.84. The molecule has 3 aromatic carbocycles. The molecule has 0 saturated heterocycles. The zero-order chi connectivity index (χ0) is 20.1. The van der Waals surface area contributed by atoms with E-state index in [4.69, 9.17) is 4.74 Å². The van der Waals surface area contributed by atoms with Crippen LogP contribution in [0, 0.1) is 0 Å². The van der Waals surface area contributed by atoms with E-state index in [0.717, 1.165) is 32.3 Å². The molecule has 0 radical (unpaired) electrons. The smallest absolute Gasteiger partial charge is 0.258 e. The highest BCUT2D eigenvalue weighted by atomic mass is 79.9. The van der Waals surface area contributed by atoms with Crippen molar-refractivity contribution in [2.24, 2.45) is 0 Å². The van der Waals surface area contributed by atoms with Crippen LogP contribution in [0.25, 0.3) is 22.3 Å². The van der Waals surface area contributed by atoms with Crippen LogP contribution in [0.4, 0.5) is 0 Å². The van der Waals surface area contributed by atoms with Crippen molar-refractivity contribution in [3.05, 3.63) is 89.0 Å². The van der Waals surface area contributed by atoms with Gasteiger partial charge >= 0.3 is 0 Å². The third kappa shape index (κ3) is 4.97. The van der Waals surface area contributed by atoms with Gasteiger partial charge in [-0.1, -0.05) is 40.2 Å². The standard InChI is InChI=1S/C23H18BrN3O2/c24-18-5-3-4-16(12-18)13-26-23(28)15-29-19-10-8-17(9-11-19)22-14-25-20-6-1-2-7-21(20)27-22/h1-12,14H,13,15H2,(H,26,28). The molecule has 0 aliphatic carbocycles. The fourth-order valence-electron chi connectivity index (χ4n) is 2.87. The van der Waals surface area contributed by atoms with Gasteiger partial charge in [0.05, 0.1) is 22.9 Å². The summed E-state index contributed by atoms with van der Waals surface area (Å²) in [5, 5.41) is 2.85. The number of hydrogen-bond acceptors (Lipinski definition) is 4. The van der Waals surface area contributed by atoms with Crippen molar-refractivity contribution < 1.29 is 9.53 Å². The molecule has 1 N–H and O–H groups in total. The molecule has 29 heavy (non-hydrogen) atoms. The molecule has 1 aromatic heterocycles. The third-order valence-electron chi connectivity index (χ3n) is 4.35. The van der Waals surface area contributed by atoms with Crippen molar-refractivity contribution in [1.29, 1.82) is 0 Å². The minimum absolute atomic E-state index is 0.0386. The zero-order valence-electron chi connectivity index (χ0n) is 15.5. The molecular weight excluding hydrogens is 430 g/mol. The van der Waals surface area contributed by atoms with Gasteiger partial charge in [0.1, 0.15) is 5.75 Å². The molecule has 1 amide bonds. The van der Waals surface area contributed by atoms with Crippen molar-refractivity contribution in [3.8, 4) is 17.0 Å². The summed E-state index contributed by atoms with van der Waals surface area (Å²) in [6, 6.07) is 23.0. The molecule has 5 nitrogen and oxygen atoms in total. The maximum absolute atomic E-state index is 12.0. The largest absolute Gasteiger partial charge is 0.484 e. The Morgan fingerprint density at radius 3 is 2.55 bits per heavy atom. The average Bonchev–Trinajstić information content (AvgIpc) is 2.76. The van der Waals surface area contributed by atoms with Gasteiger partial charge in [-0.25, -0.2) is 4.98 Å². The van der Waals surface area contributed by atoms with Crippen LogP contribution in [-0.2, 0) is 11.3 Å². The van der Waals surface area contributed by atoms with Gasteiger partial charge in [-0.15, -0.1) is 0 Å². The van der Waals surface area contributed by atoms with Crippen LogP contribution in [-0.4, -0.2) is 22.5 Å². The fraction of sp³-hybridized carbons (Fsp3) is 0.0870. The molecule has 4 rings (SSSR count). The van der Waals surface area contributed by atoms with Gasteiger partial charge < -0.3 is 10.1 Å². The second kappa shape index (κ2) is 8.84. The molecule has 0 atom stereocenters. The maximum atomic E-state index is 12.0. The van der Waals surface area contributed by atoms with Crippen molar-refractivity contribution >= 4 is 32.9 Å². The topological polar surface area (TPSA) is 64.1 Å². The highest BCUT2D eigenvalue weighted by Gasteiger charge is 2.06. The molecule has 6 heteroatoms. The number of carbonyl (C=O) groups is 1. The van der Waals surface area contributed by atoms with E-state index >= 15 is 0 Å². The van der Waals surface area contributed by atoms with Gasteiger partial charge in [0.15, 0.2) is 6.61 Å². The molecule has 0 unspecified atom stereocenters. The Morgan fingerprint density at radius 1 is 0.966 bits per heavy atom. The highest BCUT2D eigenvalue weighted by Crippen LogP contribution is 2.22. The number of halogens is 1. The van der Waals surface area contributed by atoms with E-state index in [2.05, 4.69) is 31.2 Å². The van der Waals surface area contributed by atoms with Crippen LogP contribution in [0.1, 0.15) is 5.56 Å². The summed E-state index contributed by atoms with van der Waals surface area (Å²) in [5.74, 6) is 0.453. The van der Waals surface area contributed by atoms with Crippen molar-refractivity contribution in [2.75, 3.05) is 6.61 Å². The Labute approximate surface area is 176 Å². The summed E-state index contributed by atoms with van der Waals surface area (Å²) in [5.41, 5.74) is 4.47. The zero-order valence-corrected chi connectivity index (χ0v) is 17.1. The van der Waals surface area contributed by atoms with Crippen LogP contribution in [0.15, 0.2) is 83.5 Å². The number of fused-ring (bicyclic) bond motifs is 1. The highest BCUT2D eigenvalue weighted by molar-refractivity contribution is 9.10. The van der Waals surface area contributed by atoms with Gasteiger partial charge in [0.25, 0.3) is 5.91 Å². The van der Waals surface area contributed by atoms with Crippen LogP contribution in [0.5, 0.6) is 5.75 Å². The first-order valence-corrected chi connectivity index (χ1v) is 9.93. The van der Waals surface area contributed by atoms with Gasteiger partial charge in [-0.05, 0) is 54.1 Å². The van der Waals surface area contributed by atoms with E-state index in [1.54, 1.807) is 6.20 Å². The summed E-state index contributed by atoms with van der Waals surface area (Å²) in [4.78, 5) is 21.1. The second-order valence-electron chi connectivity index (χ2n) is 6.46. The number of nitrogens with zero attached hydrogens (tertiary/aromatic N) is 2. The predicted octanol–water partition coefficient (Wildman–Crippen LogP) is 4.75. The van der Waals surface area contributed by atoms with E-state index in [0.29, 0.717) is 12.3 Å². The maximum Gasteiger partial charge on any atom is 0.258 e. The van der Waals surface area contributed by atoms with E-state index in [-0.39, 0.29) is 12.5 Å². The number of carbonyl (C=O) groups excluding carboxylic acids is 1. The molecule has 144 valence electrons. The van der Waals surface area contributed by atoms with Gasteiger partial charge in [0, 0.05) is 16.6 Å².